The molecule has 2 aromatic heterocycles. The van der Waals surface area contributed by atoms with Gasteiger partial charge in [0, 0.05) is 31.1 Å². The number of likely N-dealkylation sites (N-methyl/N-ethyl adjacent to an activating group) is 1. The molecule has 1 amide bonds. The molecule has 152 valence electrons. The fourth-order valence-corrected chi connectivity index (χ4v) is 4.05. The van der Waals surface area contributed by atoms with Crippen LogP contribution in [0.4, 0.5) is 10.9 Å². The number of hydrogen-bond acceptors (Lipinski definition) is 7. The summed E-state index contributed by atoms with van der Waals surface area (Å²) in [6, 6.07) is 5.88. The topological polar surface area (TPSA) is 70.6 Å². The molecule has 0 spiro atoms. The first-order valence-corrected chi connectivity index (χ1v) is 10.6. The number of hydrogen-bond donors (Lipinski definition) is 1. The highest BCUT2D eigenvalue weighted by atomic mass is 32.1. The predicted molar refractivity (Wildman–Crippen MR) is 112 cm³/mol. The first-order valence-electron chi connectivity index (χ1n) is 9.79. The van der Waals surface area contributed by atoms with E-state index in [-0.39, 0.29) is 12.0 Å². The summed E-state index contributed by atoms with van der Waals surface area (Å²) in [6.45, 7) is 12.0. The minimum absolute atomic E-state index is 0.139. The van der Waals surface area contributed by atoms with Crippen LogP contribution >= 0.6 is 11.3 Å². The number of nitrogens with one attached hydrogen (secondary N) is 1. The Kier molecular flexibility index (Phi) is 6.98. The molecule has 1 saturated heterocycles. The van der Waals surface area contributed by atoms with E-state index < -0.39 is 0 Å². The maximum absolute atomic E-state index is 12.4. The van der Waals surface area contributed by atoms with Crippen LogP contribution < -0.4 is 5.32 Å². The van der Waals surface area contributed by atoms with E-state index in [0.29, 0.717) is 19.7 Å². The van der Waals surface area contributed by atoms with E-state index in [1.165, 1.54) is 4.88 Å². The zero-order valence-corrected chi connectivity index (χ0v) is 17.9. The Morgan fingerprint density at radius 3 is 2.79 bits per heavy atom. The van der Waals surface area contributed by atoms with Crippen molar-refractivity contribution >= 4 is 28.2 Å². The van der Waals surface area contributed by atoms with Crippen LogP contribution in [0.15, 0.2) is 18.2 Å². The molecule has 1 aliphatic rings. The van der Waals surface area contributed by atoms with Crippen molar-refractivity contribution in [3.63, 3.8) is 0 Å². The molecular weight excluding hydrogens is 374 g/mol. The zero-order valence-electron chi connectivity index (χ0n) is 17.1. The Morgan fingerprint density at radius 2 is 2.11 bits per heavy atom. The molecule has 8 heteroatoms. The molecule has 1 atom stereocenters. The average Bonchev–Trinajstić information content (AvgIpc) is 3.00. The van der Waals surface area contributed by atoms with Gasteiger partial charge in [-0.3, -0.25) is 9.69 Å². The first kappa shape index (κ1) is 20.7. The number of morpholine rings is 1. The maximum atomic E-state index is 12.4. The third-order valence-electron chi connectivity index (χ3n) is 4.99. The van der Waals surface area contributed by atoms with Gasteiger partial charge in [0.1, 0.15) is 11.9 Å². The van der Waals surface area contributed by atoms with E-state index in [2.05, 4.69) is 22.1 Å². The number of carbonyl (C=O) groups excluding carboxylic acids is 1. The first-order chi connectivity index (χ1) is 13.5. The number of thiazole rings is 1. The number of amides is 1. The third-order valence-corrected chi connectivity index (χ3v) is 5.98. The van der Waals surface area contributed by atoms with Crippen molar-refractivity contribution in [1.29, 1.82) is 0 Å². The highest BCUT2D eigenvalue weighted by Crippen LogP contribution is 2.26. The molecule has 1 aliphatic heterocycles. The van der Waals surface area contributed by atoms with Crippen LogP contribution in [0.1, 0.15) is 36.2 Å². The summed E-state index contributed by atoms with van der Waals surface area (Å²) in [6.07, 6.45) is -0.139. The van der Waals surface area contributed by atoms with E-state index in [9.17, 15) is 4.79 Å². The van der Waals surface area contributed by atoms with Crippen molar-refractivity contribution in [3.8, 4) is 0 Å². The molecule has 1 fully saturated rings. The van der Waals surface area contributed by atoms with Crippen molar-refractivity contribution in [1.82, 2.24) is 19.8 Å². The highest BCUT2D eigenvalue weighted by Gasteiger charge is 2.25. The van der Waals surface area contributed by atoms with Crippen LogP contribution in [0.2, 0.25) is 0 Å². The summed E-state index contributed by atoms with van der Waals surface area (Å²) in [5, 5.41) is 4.13. The van der Waals surface area contributed by atoms with E-state index >= 15 is 0 Å². The Bertz CT molecular complexity index is 786. The van der Waals surface area contributed by atoms with Gasteiger partial charge in [-0.2, -0.15) is 0 Å². The van der Waals surface area contributed by atoms with E-state index in [4.69, 9.17) is 9.72 Å². The molecule has 0 saturated carbocycles. The molecule has 0 radical (unpaired) electrons. The number of pyridine rings is 1. The molecule has 0 bridgehead atoms. The second-order valence-electron chi connectivity index (χ2n) is 6.89. The van der Waals surface area contributed by atoms with Crippen LogP contribution in [-0.4, -0.2) is 65.0 Å². The van der Waals surface area contributed by atoms with Gasteiger partial charge in [0.2, 0.25) is 5.91 Å². The van der Waals surface area contributed by atoms with Crippen LogP contribution in [0.5, 0.6) is 0 Å². The summed E-state index contributed by atoms with van der Waals surface area (Å²) in [5.41, 5.74) is 1.91. The maximum Gasteiger partial charge on any atom is 0.236 e. The molecule has 7 nitrogen and oxygen atoms in total. The third kappa shape index (κ3) is 5.06. The van der Waals surface area contributed by atoms with Crippen LogP contribution in [0, 0.1) is 13.8 Å². The summed E-state index contributed by atoms with van der Waals surface area (Å²) in [4.78, 5) is 26.9. The number of anilines is 2. The lowest BCUT2D eigenvalue weighted by Gasteiger charge is -2.33. The Hall–Kier alpha value is -2.03. The lowest BCUT2D eigenvalue weighted by atomic mass is 10.2. The highest BCUT2D eigenvalue weighted by molar-refractivity contribution is 7.15. The lowest BCUT2D eigenvalue weighted by Crippen LogP contribution is -2.45. The van der Waals surface area contributed by atoms with Gasteiger partial charge in [0.25, 0.3) is 0 Å². The lowest BCUT2D eigenvalue weighted by molar-refractivity contribution is -0.134. The Morgan fingerprint density at radius 1 is 1.32 bits per heavy atom. The second kappa shape index (κ2) is 9.45. The molecule has 3 heterocycles. The van der Waals surface area contributed by atoms with Gasteiger partial charge in [-0.25, -0.2) is 9.97 Å². The normalized spacial score (nSPS) is 17.5. The van der Waals surface area contributed by atoms with Gasteiger partial charge in [-0.1, -0.05) is 6.07 Å². The van der Waals surface area contributed by atoms with Crippen molar-refractivity contribution in [2.45, 2.75) is 33.8 Å². The molecule has 2 aromatic rings. The molecular formula is C20H29N5O2S. The fraction of sp³-hybridized carbons (Fsp3) is 0.550. The van der Waals surface area contributed by atoms with Gasteiger partial charge < -0.3 is 15.0 Å². The summed E-state index contributed by atoms with van der Waals surface area (Å²) in [7, 11) is 0. The second-order valence-corrected chi connectivity index (χ2v) is 8.10. The van der Waals surface area contributed by atoms with E-state index in [1.807, 2.05) is 43.9 Å². The average molecular weight is 404 g/mol. The minimum Gasteiger partial charge on any atom is -0.369 e. The van der Waals surface area contributed by atoms with Gasteiger partial charge >= 0.3 is 0 Å². The standard InChI is InChI=1S/C20H29N5O2S/c1-5-25(6-2)19(26)13-24-10-11-27-17(12-24)16-8-7-9-18(22-16)23-20-21-14(3)15(4)28-20/h7-9,17H,5-6,10-13H2,1-4H3,(H,21,22,23)/t17-/m1/s1. The number of rotatable bonds is 7. The van der Waals surface area contributed by atoms with Crippen LogP contribution in [0.25, 0.3) is 0 Å². The van der Waals surface area contributed by atoms with Crippen LogP contribution in [-0.2, 0) is 9.53 Å². The van der Waals surface area contributed by atoms with Crippen molar-refractivity contribution in [2.75, 3.05) is 44.6 Å². The van der Waals surface area contributed by atoms with Crippen LogP contribution in [0.3, 0.4) is 0 Å². The molecule has 0 unspecified atom stereocenters. The predicted octanol–water partition coefficient (Wildman–Crippen LogP) is 3.14. The number of carbonyl (C=O) groups is 1. The number of ether oxygens (including phenoxy) is 1. The van der Waals surface area contributed by atoms with Gasteiger partial charge in [0.15, 0.2) is 5.13 Å². The van der Waals surface area contributed by atoms with Crippen molar-refractivity contribution < 1.29 is 9.53 Å². The molecule has 0 aromatic carbocycles. The number of aromatic nitrogens is 2. The van der Waals surface area contributed by atoms with E-state index in [0.717, 1.165) is 42.0 Å². The summed E-state index contributed by atoms with van der Waals surface area (Å²) >= 11 is 1.62. The molecule has 1 N–H and O–H groups in total. The number of aryl methyl sites for hydroxylation is 2. The SMILES string of the molecule is CCN(CC)C(=O)CN1CCO[C@@H](c2cccc(Nc3nc(C)c(C)s3)n2)C1. The number of nitrogens with zero attached hydrogens (tertiary/aromatic N) is 4. The molecule has 0 aliphatic carbocycles. The van der Waals surface area contributed by atoms with Crippen molar-refractivity contribution in [3.05, 3.63) is 34.5 Å². The fourth-order valence-electron chi connectivity index (χ4n) is 3.23. The quantitative estimate of drug-likeness (QED) is 0.766. The zero-order chi connectivity index (χ0) is 20.1. The minimum atomic E-state index is -0.139. The largest absolute Gasteiger partial charge is 0.369 e. The summed E-state index contributed by atoms with van der Waals surface area (Å²) in [5.74, 6) is 0.926. The van der Waals surface area contributed by atoms with E-state index in [1.54, 1.807) is 11.3 Å². The Balaban J connectivity index is 1.65. The van der Waals surface area contributed by atoms with Gasteiger partial charge in [-0.15, -0.1) is 11.3 Å². The summed E-state index contributed by atoms with van der Waals surface area (Å²) < 4.78 is 5.95. The Labute approximate surface area is 170 Å². The molecule has 3 rings (SSSR count). The smallest absolute Gasteiger partial charge is 0.236 e. The van der Waals surface area contributed by atoms with Gasteiger partial charge in [-0.05, 0) is 39.8 Å². The molecule has 28 heavy (non-hydrogen) atoms. The monoisotopic (exact) mass is 403 g/mol. The van der Waals surface area contributed by atoms with Gasteiger partial charge in [0.05, 0.1) is 24.5 Å². The van der Waals surface area contributed by atoms with Crippen molar-refractivity contribution in [2.24, 2.45) is 0 Å².